The molecular formula is C17H22N6O3. The molecule has 0 bridgehead atoms. The summed E-state index contributed by atoms with van der Waals surface area (Å²) < 4.78 is 1.52. The predicted molar refractivity (Wildman–Crippen MR) is 94.3 cm³/mol. The van der Waals surface area contributed by atoms with Crippen molar-refractivity contribution in [3.63, 3.8) is 0 Å². The molecule has 1 aliphatic heterocycles. The standard InChI is InChI=1S/C17H22N6O3/c1-14-16(23(25)26)12-19-22(14)6-4-17(24)21-9-7-20(8-10-21)13-15-3-2-5-18-11-15/h2-3,5,11-12H,4,6-10,13H2,1H3. The van der Waals surface area contributed by atoms with E-state index >= 15 is 0 Å². The van der Waals surface area contributed by atoms with Crippen LogP contribution in [0.1, 0.15) is 17.7 Å². The third kappa shape index (κ3) is 4.23. The lowest BCUT2D eigenvalue weighted by Crippen LogP contribution is -2.48. The fourth-order valence-corrected chi connectivity index (χ4v) is 3.11. The van der Waals surface area contributed by atoms with Crippen LogP contribution in [0.2, 0.25) is 0 Å². The highest BCUT2D eigenvalue weighted by atomic mass is 16.6. The van der Waals surface area contributed by atoms with Gasteiger partial charge in [0.25, 0.3) is 0 Å². The molecule has 9 nitrogen and oxygen atoms in total. The molecule has 0 unspecified atom stereocenters. The van der Waals surface area contributed by atoms with Crippen molar-refractivity contribution >= 4 is 11.6 Å². The van der Waals surface area contributed by atoms with Gasteiger partial charge >= 0.3 is 5.69 Å². The van der Waals surface area contributed by atoms with E-state index in [1.165, 1.54) is 16.4 Å². The van der Waals surface area contributed by atoms with Crippen molar-refractivity contribution < 1.29 is 9.72 Å². The van der Waals surface area contributed by atoms with E-state index in [4.69, 9.17) is 0 Å². The molecule has 0 saturated carbocycles. The molecule has 1 saturated heterocycles. The van der Waals surface area contributed by atoms with Gasteiger partial charge in [0.15, 0.2) is 0 Å². The number of pyridine rings is 1. The number of rotatable bonds is 6. The third-order valence-electron chi connectivity index (χ3n) is 4.67. The Morgan fingerprint density at radius 1 is 1.27 bits per heavy atom. The summed E-state index contributed by atoms with van der Waals surface area (Å²) in [6, 6.07) is 3.98. The molecule has 26 heavy (non-hydrogen) atoms. The zero-order chi connectivity index (χ0) is 18.5. The van der Waals surface area contributed by atoms with Gasteiger partial charge in [0.2, 0.25) is 5.91 Å². The minimum absolute atomic E-state index is 0.0125. The van der Waals surface area contributed by atoms with Crippen molar-refractivity contribution in [1.29, 1.82) is 0 Å². The van der Waals surface area contributed by atoms with Crippen molar-refractivity contribution in [2.24, 2.45) is 0 Å². The van der Waals surface area contributed by atoms with Crippen LogP contribution in [-0.2, 0) is 17.9 Å². The first-order valence-electron chi connectivity index (χ1n) is 8.60. The number of nitrogens with zero attached hydrogens (tertiary/aromatic N) is 6. The molecule has 0 atom stereocenters. The van der Waals surface area contributed by atoms with E-state index in [1.54, 1.807) is 13.1 Å². The average Bonchev–Trinajstić information content (AvgIpc) is 3.02. The lowest BCUT2D eigenvalue weighted by molar-refractivity contribution is -0.385. The maximum atomic E-state index is 12.4. The van der Waals surface area contributed by atoms with E-state index in [1.807, 2.05) is 17.2 Å². The molecule has 9 heteroatoms. The predicted octanol–water partition coefficient (Wildman–Crippen LogP) is 1.23. The van der Waals surface area contributed by atoms with E-state index in [-0.39, 0.29) is 11.6 Å². The van der Waals surface area contributed by atoms with Crippen LogP contribution in [0.15, 0.2) is 30.7 Å². The van der Waals surface area contributed by atoms with Crippen LogP contribution in [0.25, 0.3) is 0 Å². The van der Waals surface area contributed by atoms with Gasteiger partial charge in [-0.05, 0) is 18.6 Å². The first-order valence-corrected chi connectivity index (χ1v) is 8.60. The molecule has 0 aromatic carbocycles. The molecule has 1 aliphatic rings. The monoisotopic (exact) mass is 358 g/mol. The molecule has 0 N–H and O–H groups in total. The number of carbonyl (C=O) groups excluding carboxylic acids is 1. The Hall–Kier alpha value is -2.81. The maximum absolute atomic E-state index is 12.4. The topological polar surface area (TPSA) is 97.4 Å². The molecule has 0 aliphatic carbocycles. The van der Waals surface area contributed by atoms with E-state index < -0.39 is 4.92 Å². The highest BCUT2D eigenvalue weighted by molar-refractivity contribution is 5.76. The quantitative estimate of drug-likeness (QED) is 0.569. The van der Waals surface area contributed by atoms with Crippen molar-refractivity contribution in [2.45, 2.75) is 26.4 Å². The molecule has 0 spiro atoms. The van der Waals surface area contributed by atoms with Gasteiger partial charge in [-0.3, -0.25) is 29.5 Å². The van der Waals surface area contributed by atoms with Gasteiger partial charge in [-0.25, -0.2) is 0 Å². The first kappa shape index (κ1) is 18.0. The van der Waals surface area contributed by atoms with E-state index in [2.05, 4.69) is 21.0 Å². The highest BCUT2D eigenvalue weighted by Gasteiger charge is 2.22. The van der Waals surface area contributed by atoms with Crippen molar-refractivity contribution in [3.8, 4) is 0 Å². The summed E-state index contributed by atoms with van der Waals surface area (Å²) in [5, 5.41) is 14.9. The molecule has 0 radical (unpaired) electrons. The van der Waals surface area contributed by atoms with Crippen molar-refractivity contribution in [1.82, 2.24) is 24.6 Å². The SMILES string of the molecule is Cc1c([N+](=O)[O-])cnn1CCC(=O)N1CCN(Cc2cccnc2)CC1. The molecule has 3 rings (SSSR count). The molecule has 1 amide bonds. The lowest BCUT2D eigenvalue weighted by Gasteiger charge is -2.34. The number of hydrogen-bond donors (Lipinski definition) is 0. The summed E-state index contributed by atoms with van der Waals surface area (Å²) in [5.41, 5.74) is 1.63. The number of amides is 1. The Morgan fingerprint density at radius 3 is 2.65 bits per heavy atom. The van der Waals surface area contributed by atoms with Crippen molar-refractivity contribution in [3.05, 3.63) is 52.1 Å². The largest absolute Gasteiger partial charge is 0.340 e. The molecule has 1 fully saturated rings. The Morgan fingerprint density at radius 2 is 2.04 bits per heavy atom. The van der Waals surface area contributed by atoms with E-state index in [0.717, 1.165) is 19.6 Å². The summed E-state index contributed by atoms with van der Waals surface area (Å²) in [6.07, 6.45) is 5.15. The summed E-state index contributed by atoms with van der Waals surface area (Å²) in [4.78, 5) is 31.1. The van der Waals surface area contributed by atoms with E-state index in [9.17, 15) is 14.9 Å². The number of piperazine rings is 1. The average molecular weight is 358 g/mol. The zero-order valence-corrected chi connectivity index (χ0v) is 14.7. The van der Waals surface area contributed by atoms with Crippen LogP contribution in [0.5, 0.6) is 0 Å². The van der Waals surface area contributed by atoms with Gasteiger partial charge in [-0.1, -0.05) is 6.07 Å². The molecule has 2 aromatic rings. The van der Waals surface area contributed by atoms with Gasteiger partial charge in [-0.15, -0.1) is 0 Å². The molecule has 2 aromatic heterocycles. The summed E-state index contributed by atoms with van der Waals surface area (Å²) in [6.45, 7) is 5.88. The van der Waals surface area contributed by atoms with Crippen molar-refractivity contribution in [2.75, 3.05) is 26.2 Å². The van der Waals surface area contributed by atoms with Crippen LogP contribution in [-0.4, -0.2) is 61.6 Å². The number of aryl methyl sites for hydroxylation is 1. The van der Waals surface area contributed by atoms with Gasteiger partial charge in [0.1, 0.15) is 11.9 Å². The fraction of sp³-hybridized carbons (Fsp3) is 0.471. The third-order valence-corrected chi connectivity index (χ3v) is 4.67. The minimum Gasteiger partial charge on any atom is -0.340 e. The van der Waals surface area contributed by atoms with Gasteiger partial charge < -0.3 is 4.90 Å². The molecule has 3 heterocycles. The van der Waals surface area contributed by atoms with Crippen LogP contribution in [0.3, 0.4) is 0 Å². The second-order valence-electron chi connectivity index (χ2n) is 6.36. The minimum atomic E-state index is -0.456. The zero-order valence-electron chi connectivity index (χ0n) is 14.7. The first-order chi connectivity index (χ1) is 12.5. The summed E-state index contributed by atoms with van der Waals surface area (Å²) in [5.74, 6) is 0.0589. The smallest absolute Gasteiger partial charge is 0.309 e. The fourth-order valence-electron chi connectivity index (χ4n) is 3.11. The Labute approximate surface area is 151 Å². The summed E-state index contributed by atoms with van der Waals surface area (Å²) >= 11 is 0. The van der Waals surface area contributed by atoms with Crippen LogP contribution < -0.4 is 0 Å². The van der Waals surface area contributed by atoms with E-state index in [0.29, 0.717) is 31.7 Å². The Kier molecular flexibility index (Phi) is 5.57. The number of carbonyl (C=O) groups is 1. The number of hydrogen-bond acceptors (Lipinski definition) is 6. The van der Waals surface area contributed by atoms with Gasteiger partial charge in [0, 0.05) is 51.5 Å². The van der Waals surface area contributed by atoms with Gasteiger partial charge in [-0.2, -0.15) is 5.10 Å². The normalized spacial score (nSPS) is 15.2. The van der Waals surface area contributed by atoms with Crippen LogP contribution in [0, 0.1) is 17.0 Å². The number of nitro groups is 1. The second kappa shape index (κ2) is 8.05. The second-order valence-corrected chi connectivity index (χ2v) is 6.36. The van der Waals surface area contributed by atoms with Crippen LogP contribution >= 0.6 is 0 Å². The molecular weight excluding hydrogens is 336 g/mol. The maximum Gasteiger partial charge on any atom is 0.309 e. The lowest BCUT2D eigenvalue weighted by atomic mass is 10.2. The Bertz CT molecular complexity index is 768. The van der Waals surface area contributed by atoms with Gasteiger partial charge in [0.05, 0.1) is 11.5 Å². The summed E-state index contributed by atoms with van der Waals surface area (Å²) in [7, 11) is 0. The highest BCUT2D eigenvalue weighted by Crippen LogP contribution is 2.16. The number of aromatic nitrogens is 3. The molecule has 138 valence electrons. The van der Waals surface area contributed by atoms with Crippen LogP contribution in [0.4, 0.5) is 5.69 Å². The Balaban J connectivity index is 1.46.